The van der Waals surface area contributed by atoms with Gasteiger partial charge in [0.2, 0.25) is 0 Å². The van der Waals surface area contributed by atoms with E-state index in [0.29, 0.717) is 38.3 Å². The Morgan fingerprint density at radius 2 is 2.00 bits per heavy atom. The quantitative estimate of drug-likeness (QED) is 0.707. The number of piperazine rings is 1. The minimum Gasteiger partial charge on any atom is -0.383 e. The largest absolute Gasteiger partial charge is 0.383 e. The lowest BCUT2D eigenvalue weighted by atomic mass is 10.3. The number of carbonyl (C=O) groups is 2. The normalized spacial score (nSPS) is 15.4. The number of nitrogens with zero attached hydrogens (tertiary/aromatic N) is 2. The third-order valence-corrected chi connectivity index (χ3v) is 4.42. The number of hydrogen-bond donors (Lipinski definition) is 2. The van der Waals surface area contributed by atoms with Crippen molar-refractivity contribution in [1.29, 1.82) is 0 Å². The van der Waals surface area contributed by atoms with Crippen molar-refractivity contribution in [2.24, 2.45) is 0 Å². The zero-order valence-corrected chi connectivity index (χ0v) is 14.2. The van der Waals surface area contributed by atoms with E-state index in [1.165, 1.54) is 11.3 Å². The molecule has 1 aromatic rings. The Kier molecular flexibility index (Phi) is 7.31. The highest BCUT2D eigenvalue weighted by molar-refractivity contribution is 7.08. The number of urea groups is 1. The van der Waals surface area contributed by atoms with Crippen LogP contribution >= 0.6 is 11.3 Å². The van der Waals surface area contributed by atoms with Crippen molar-refractivity contribution in [3.05, 3.63) is 22.4 Å². The zero-order chi connectivity index (χ0) is 16.5. The fourth-order valence-electron chi connectivity index (χ4n) is 2.37. The lowest BCUT2D eigenvalue weighted by Gasteiger charge is -2.34. The van der Waals surface area contributed by atoms with Gasteiger partial charge in [-0.1, -0.05) is 0 Å². The molecule has 1 saturated heterocycles. The number of carbonyl (C=O) groups excluding carboxylic acids is 2. The van der Waals surface area contributed by atoms with Crippen molar-refractivity contribution in [2.75, 3.05) is 59.5 Å². The Bertz CT molecular complexity index is 487. The number of ether oxygens (including phenoxy) is 1. The highest BCUT2D eigenvalue weighted by atomic mass is 32.1. The van der Waals surface area contributed by atoms with Gasteiger partial charge >= 0.3 is 6.03 Å². The molecule has 0 spiro atoms. The third kappa shape index (κ3) is 5.81. The van der Waals surface area contributed by atoms with Crippen LogP contribution in [0.1, 0.15) is 10.4 Å². The monoisotopic (exact) mass is 340 g/mol. The van der Waals surface area contributed by atoms with Crippen LogP contribution in [-0.4, -0.2) is 81.3 Å². The summed E-state index contributed by atoms with van der Waals surface area (Å²) in [7, 11) is 1.61. The first-order valence-corrected chi connectivity index (χ1v) is 8.69. The van der Waals surface area contributed by atoms with Gasteiger partial charge in [0.15, 0.2) is 0 Å². The average molecular weight is 340 g/mol. The third-order valence-electron chi connectivity index (χ3n) is 3.74. The van der Waals surface area contributed by atoms with Gasteiger partial charge in [0, 0.05) is 63.9 Å². The van der Waals surface area contributed by atoms with E-state index in [4.69, 9.17) is 4.74 Å². The molecule has 0 unspecified atom stereocenters. The maximum atomic E-state index is 11.9. The van der Waals surface area contributed by atoms with E-state index < -0.39 is 0 Å². The van der Waals surface area contributed by atoms with Gasteiger partial charge in [0.25, 0.3) is 5.91 Å². The molecule has 7 nitrogen and oxygen atoms in total. The van der Waals surface area contributed by atoms with Crippen molar-refractivity contribution in [2.45, 2.75) is 0 Å². The van der Waals surface area contributed by atoms with Gasteiger partial charge in [-0.2, -0.15) is 11.3 Å². The van der Waals surface area contributed by atoms with E-state index in [-0.39, 0.29) is 11.9 Å². The molecule has 1 aliphatic heterocycles. The van der Waals surface area contributed by atoms with Crippen LogP contribution in [0.4, 0.5) is 4.79 Å². The smallest absolute Gasteiger partial charge is 0.317 e. The van der Waals surface area contributed by atoms with Gasteiger partial charge in [0.1, 0.15) is 0 Å². The summed E-state index contributed by atoms with van der Waals surface area (Å²) in [5.41, 5.74) is 0.715. The van der Waals surface area contributed by atoms with E-state index >= 15 is 0 Å². The highest BCUT2D eigenvalue weighted by Gasteiger charge is 2.20. The number of hydrogen-bond acceptors (Lipinski definition) is 5. The van der Waals surface area contributed by atoms with Gasteiger partial charge in [-0.15, -0.1) is 0 Å². The molecule has 3 amide bonds. The molecule has 2 rings (SSSR count). The summed E-state index contributed by atoms with van der Waals surface area (Å²) >= 11 is 1.52. The first kappa shape index (κ1) is 17.7. The van der Waals surface area contributed by atoms with Crippen LogP contribution in [0.3, 0.4) is 0 Å². The number of thiophene rings is 1. The van der Waals surface area contributed by atoms with Gasteiger partial charge in [-0.05, 0) is 11.4 Å². The fraction of sp³-hybridized carbons (Fsp3) is 0.600. The van der Waals surface area contributed by atoms with Gasteiger partial charge in [-0.3, -0.25) is 9.69 Å². The molecular weight excluding hydrogens is 316 g/mol. The minimum absolute atomic E-state index is 0.0255. The Morgan fingerprint density at radius 3 is 2.65 bits per heavy atom. The molecule has 1 aliphatic rings. The highest BCUT2D eigenvalue weighted by Crippen LogP contribution is 2.05. The van der Waals surface area contributed by atoms with Crippen LogP contribution in [0.5, 0.6) is 0 Å². The molecule has 0 aromatic carbocycles. The number of methoxy groups -OCH3 is 1. The minimum atomic E-state index is -0.0348. The van der Waals surface area contributed by atoms with Crippen LogP contribution in [0.25, 0.3) is 0 Å². The van der Waals surface area contributed by atoms with Crippen LogP contribution in [0, 0.1) is 0 Å². The molecule has 2 heterocycles. The Hall–Kier alpha value is -1.64. The van der Waals surface area contributed by atoms with E-state index in [2.05, 4.69) is 15.5 Å². The zero-order valence-electron chi connectivity index (χ0n) is 13.4. The van der Waals surface area contributed by atoms with Crippen LogP contribution in [-0.2, 0) is 4.74 Å². The second-order valence-corrected chi connectivity index (χ2v) is 6.10. The Morgan fingerprint density at radius 1 is 1.22 bits per heavy atom. The fourth-order valence-corrected chi connectivity index (χ4v) is 3.01. The average Bonchev–Trinajstić information content (AvgIpc) is 3.10. The lowest BCUT2D eigenvalue weighted by Crippen LogP contribution is -2.53. The van der Waals surface area contributed by atoms with Crippen LogP contribution in [0.15, 0.2) is 16.8 Å². The molecule has 1 aromatic heterocycles. The summed E-state index contributed by atoms with van der Waals surface area (Å²) < 4.78 is 4.91. The van der Waals surface area contributed by atoms with Gasteiger partial charge in [0.05, 0.1) is 6.61 Å². The second-order valence-electron chi connectivity index (χ2n) is 5.32. The summed E-state index contributed by atoms with van der Waals surface area (Å²) in [5.74, 6) is -0.0255. The maximum absolute atomic E-state index is 11.9. The van der Waals surface area contributed by atoms with Gasteiger partial charge < -0.3 is 20.3 Å². The van der Waals surface area contributed by atoms with E-state index in [0.717, 1.165) is 19.6 Å². The molecule has 1 fully saturated rings. The van der Waals surface area contributed by atoms with Crippen molar-refractivity contribution in [3.8, 4) is 0 Å². The summed E-state index contributed by atoms with van der Waals surface area (Å²) in [6.07, 6.45) is 0. The standard InChI is InChI=1S/C15H24N4O3S/c1-22-10-4-17-15(21)19-8-6-18(7-9-19)5-3-16-14(20)13-2-11-23-12-13/h2,11-12H,3-10H2,1H3,(H,16,20)(H,17,21). The van der Waals surface area contributed by atoms with Crippen molar-refractivity contribution >= 4 is 23.3 Å². The lowest BCUT2D eigenvalue weighted by molar-refractivity contribution is 0.0942. The van der Waals surface area contributed by atoms with Crippen molar-refractivity contribution < 1.29 is 14.3 Å². The van der Waals surface area contributed by atoms with Crippen LogP contribution < -0.4 is 10.6 Å². The molecule has 2 N–H and O–H groups in total. The summed E-state index contributed by atoms with van der Waals surface area (Å²) in [4.78, 5) is 27.8. The molecule has 0 atom stereocenters. The van der Waals surface area contributed by atoms with E-state index in [9.17, 15) is 9.59 Å². The van der Waals surface area contributed by atoms with Crippen molar-refractivity contribution in [3.63, 3.8) is 0 Å². The molecule has 0 bridgehead atoms. The molecule has 0 aliphatic carbocycles. The molecule has 8 heteroatoms. The summed E-state index contributed by atoms with van der Waals surface area (Å²) in [6, 6.07) is 1.79. The maximum Gasteiger partial charge on any atom is 0.317 e. The first-order valence-electron chi connectivity index (χ1n) is 7.75. The topological polar surface area (TPSA) is 73.9 Å². The SMILES string of the molecule is COCCNC(=O)N1CCN(CCNC(=O)c2ccsc2)CC1. The second kappa shape index (κ2) is 9.49. The molecule has 0 radical (unpaired) electrons. The summed E-state index contributed by atoms with van der Waals surface area (Å²) in [6.45, 7) is 5.54. The van der Waals surface area contributed by atoms with Crippen molar-refractivity contribution in [1.82, 2.24) is 20.4 Å². The van der Waals surface area contributed by atoms with Crippen LogP contribution in [0.2, 0.25) is 0 Å². The van der Waals surface area contributed by atoms with E-state index in [1.807, 2.05) is 21.7 Å². The number of amides is 3. The van der Waals surface area contributed by atoms with E-state index in [1.54, 1.807) is 7.11 Å². The van der Waals surface area contributed by atoms with Gasteiger partial charge in [-0.25, -0.2) is 4.79 Å². The molecule has 0 saturated carbocycles. The summed E-state index contributed by atoms with van der Waals surface area (Å²) in [5, 5.41) is 9.49. The molecule has 128 valence electrons. The molecule has 23 heavy (non-hydrogen) atoms. The Labute approximate surface area is 140 Å². The molecular formula is C15H24N4O3S. The first-order chi connectivity index (χ1) is 11.2. The Balaban J connectivity index is 1.59. The number of rotatable bonds is 7. The number of nitrogens with one attached hydrogen (secondary N) is 2. The predicted octanol–water partition coefficient (Wildman–Crippen LogP) is 0.452. The predicted molar refractivity (Wildman–Crippen MR) is 89.9 cm³/mol.